The van der Waals surface area contributed by atoms with Crippen LogP contribution in [0.5, 0.6) is 0 Å². The van der Waals surface area contributed by atoms with E-state index in [1.54, 1.807) is 6.92 Å². The number of aromatic nitrogens is 1. The summed E-state index contributed by atoms with van der Waals surface area (Å²) >= 11 is 0. The molecule has 3 aromatic rings. The number of fused-ring (bicyclic) bond motifs is 1. The molecule has 31 heavy (non-hydrogen) atoms. The first-order valence-corrected chi connectivity index (χ1v) is 10.1. The standard InChI is InChI=1S/C23H24F3N3O2/c1-4-29(5-2)17-10-8-16(9-11-17)28-21-18-12-7-15(23(24,25)26)13-20(18)27-14-19(21)22(30)31-6-3/h7-14H,4-6H2,1-3H3,(H,27,28). The highest BCUT2D eigenvalue weighted by molar-refractivity contribution is 6.06. The van der Waals surface area contributed by atoms with E-state index < -0.39 is 17.7 Å². The summed E-state index contributed by atoms with van der Waals surface area (Å²) in [6.45, 7) is 7.72. The summed E-state index contributed by atoms with van der Waals surface area (Å²) < 4.78 is 44.4. The van der Waals surface area contributed by atoms with E-state index in [1.165, 1.54) is 12.3 Å². The van der Waals surface area contributed by atoms with Gasteiger partial charge in [0.25, 0.3) is 0 Å². The van der Waals surface area contributed by atoms with E-state index in [1.807, 2.05) is 24.3 Å². The molecule has 0 fully saturated rings. The molecule has 5 nitrogen and oxygen atoms in total. The molecule has 3 rings (SSSR count). The number of halogens is 3. The lowest BCUT2D eigenvalue weighted by Crippen LogP contribution is -2.21. The number of esters is 1. The Bertz CT molecular complexity index is 1060. The maximum absolute atomic E-state index is 13.1. The third-order valence-corrected chi connectivity index (χ3v) is 4.96. The Labute approximate surface area is 178 Å². The normalized spacial score (nSPS) is 11.4. The van der Waals surface area contributed by atoms with Crippen molar-refractivity contribution < 1.29 is 22.7 Å². The monoisotopic (exact) mass is 431 g/mol. The van der Waals surface area contributed by atoms with Crippen molar-refractivity contribution in [2.24, 2.45) is 0 Å². The highest BCUT2D eigenvalue weighted by atomic mass is 19.4. The van der Waals surface area contributed by atoms with Crippen LogP contribution in [-0.2, 0) is 10.9 Å². The second kappa shape index (κ2) is 9.24. The van der Waals surface area contributed by atoms with Crippen molar-refractivity contribution in [1.82, 2.24) is 4.98 Å². The van der Waals surface area contributed by atoms with E-state index in [0.717, 1.165) is 30.9 Å². The average molecular weight is 431 g/mol. The molecule has 1 N–H and O–H groups in total. The van der Waals surface area contributed by atoms with Crippen LogP contribution < -0.4 is 10.2 Å². The van der Waals surface area contributed by atoms with Gasteiger partial charge in [0, 0.05) is 36.0 Å². The van der Waals surface area contributed by atoms with Gasteiger partial charge in [0.2, 0.25) is 0 Å². The van der Waals surface area contributed by atoms with E-state index in [-0.39, 0.29) is 17.7 Å². The number of hydrogen-bond donors (Lipinski definition) is 1. The Kier molecular flexibility index (Phi) is 6.68. The van der Waals surface area contributed by atoms with Crippen molar-refractivity contribution in [2.45, 2.75) is 26.9 Å². The fraction of sp³-hybridized carbons (Fsp3) is 0.304. The highest BCUT2D eigenvalue weighted by Gasteiger charge is 2.31. The highest BCUT2D eigenvalue weighted by Crippen LogP contribution is 2.35. The maximum Gasteiger partial charge on any atom is 0.416 e. The number of carbonyl (C=O) groups excluding carboxylic acids is 1. The number of pyridine rings is 1. The van der Waals surface area contributed by atoms with Crippen LogP contribution in [0.4, 0.5) is 30.2 Å². The zero-order valence-corrected chi connectivity index (χ0v) is 17.6. The largest absolute Gasteiger partial charge is 0.462 e. The molecule has 2 aromatic carbocycles. The van der Waals surface area contributed by atoms with Crippen LogP contribution in [0.2, 0.25) is 0 Å². The minimum Gasteiger partial charge on any atom is -0.462 e. The number of nitrogens with one attached hydrogen (secondary N) is 1. The summed E-state index contributed by atoms with van der Waals surface area (Å²) in [5.41, 5.74) is 1.58. The van der Waals surface area contributed by atoms with Crippen molar-refractivity contribution in [3.63, 3.8) is 0 Å². The van der Waals surface area contributed by atoms with Gasteiger partial charge in [0.05, 0.1) is 23.4 Å². The van der Waals surface area contributed by atoms with Gasteiger partial charge in [-0.25, -0.2) is 4.79 Å². The fourth-order valence-electron chi connectivity index (χ4n) is 3.36. The molecule has 164 valence electrons. The van der Waals surface area contributed by atoms with Crippen molar-refractivity contribution >= 4 is 33.9 Å². The van der Waals surface area contributed by atoms with Crippen molar-refractivity contribution in [3.8, 4) is 0 Å². The zero-order valence-electron chi connectivity index (χ0n) is 17.6. The molecule has 0 aliphatic rings. The molecule has 0 atom stereocenters. The van der Waals surface area contributed by atoms with E-state index in [2.05, 4.69) is 29.0 Å². The molecular weight excluding hydrogens is 407 g/mol. The SMILES string of the molecule is CCOC(=O)c1cnc2cc(C(F)(F)F)ccc2c1Nc1ccc(N(CC)CC)cc1. The number of anilines is 3. The van der Waals surface area contributed by atoms with Gasteiger partial charge in [-0.3, -0.25) is 4.98 Å². The summed E-state index contributed by atoms with van der Waals surface area (Å²) in [6.07, 6.45) is -3.24. The van der Waals surface area contributed by atoms with Gasteiger partial charge in [-0.15, -0.1) is 0 Å². The minimum atomic E-state index is -4.48. The van der Waals surface area contributed by atoms with Gasteiger partial charge in [-0.2, -0.15) is 13.2 Å². The Morgan fingerprint density at radius 3 is 2.32 bits per heavy atom. The lowest BCUT2D eigenvalue weighted by atomic mass is 10.1. The first-order valence-electron chi connectivity index (χ1n) is 10.1. The smallest absolute Gasteiger partial charge is 0.416 e. The van der Waals surface area contributed by atoms with E-state index >= 15 is 0 Å². The third-order valence-electron chi connectivity index (χ3n) is 4.96. The van der Waals surface area contributed by atoms with Crippen LogP contribution in [-0.4, -0.2) is 30.6 Å². The molecular formula is C23H24F3N3O2. The van der Waals surface area contributed by atoms with Gasteiger partial charge >= 0.3 is 12.1 Å². The van der Waals surface area contributed by atoms with Crippen molar-refractivity contribution in [3.05, 3.63) is 59.8 Å². The van der Waals surface area contributed by atoms with Crippen LogP contribution in [0.3, 0.4) is 0 Å². The number of hydrogen-bond acceptors (Lipinski definition) is 5. The second-order valence-corrected chi connectivity index (χ2v) is 6.84. The summed E-state index contributed by atoms with van der Waals surface area (Å²) in [6, 6.07) is 10.9. The number of ether oxygens (including phenoxy) is 1. The Hall–Kier alpha value is -3.29. The van der Waals surface area contributed by atoms with Crippen LogP contribution in [0, 0.1) is 0 Å². The molecule has 8 heteroatoms. The Balaban J connectivity index is 2.06. The predicted octanol–water partition coefficient (Wildman–Crippen LogP) is 6.02. The lowest BCUT2D eigenvalue weighted by Gasteiger charge is -2.21. The number of carbonyl (C=O) groups is 1. The van der Waals surface area contributed by atoms with Crippen molar-refractivity contribution in [1.29, 1.82) is 0 Å². The molecule has 0 spiro atoms. The maximum atomic E-state index is 13.1. The minimum absolute atomic E-state index is 0.130. The summed E-state index contributed by atoms with van der Waals surface area (Å²) in [7, 11) is 0. The summed E-state index contributed by atoms with van der Waals surface area (Å²) in [4.78, 5) is 18.7. The van der Waals surface area contributed by atoms with Crippen LogP contribution in [0.15, 0.2) is 48.7 Å². The molecule has 0 aliphatic heterocycles. The topological polar surface area (TPSA) is 54.5 Å². The summed E-state index contributed by atoms with van der Waals surface area (Å²) in [5, 5.41) is 3.57. The molecule has 0 saturated heterocycles. The fourth-order valence-corrected chi connectivity index (χ4v) is 3.36. The third kappa shape index (κ3) is 4.90. The molecule has 0 unspecified atom stereocenters. The molecule has 1 heterocycles. The number of alkyl halides is 3. The van der Waals surface area contributed by atoms with Crippen molar-refractivity contribution in [2.75, 3.05) is 29.9 Å². The van der Waals surface area contributed by atoms with Crippen LogP contribution >= 0.6 is 0 Å². The van der Waals surface area contributed by atoms with Gasteiger partial charge in [0.15, 0.2) is 0 Å². The van der Waals surface area contributed by atoms with Gasteiger partial charge in [-0.1, -0.05) is 6.07 Å². The van der Waals surface area contributed by atoms with E-state index in [0.29, 0.717) is 16.8 Å². The Morgan fingerprint density at radius 2 is 1.74 bits per heavy atom. The molecule has 0 amide bonds. The molecule has 1 aromatic heterocycles. The predicted molar refractivity (Wildman–Crippen MR) is 116 cm³/mol. The van der Waals surface area contributed by atoms with Crippen LogP contribution in [0.25, 0.3) is 10.9 Å². The zero-order chi connectivity index (χ0) is 22.6. The summed E-state index contributed by atoms with van der Waals surface area (Å²) in [5.74, 6) is -0.598. The Morgan fingerprint density at radius 1 is 1.06 bits per heavy atom. The van der Waals surface area contributed by atoms with E-state index in [9.17, 15) is 18.0 Å². The average Bonchev–Trinajstić information content (AvgIpc) is 2.75. The number of nitrogens with zero attached hydrogens (tertiary/aromatic N) is 2. The first-order chi connectivity index (χ1) is 14.8. The van der Waals surface area contributed by atoms with E-state index in [4.69, 9.17) is 4.74 Å². The van der Waals surface area contributed by atoms with Crippen LogP contribution in [0.1, 0.15) is 36.7 Å². The second-order valence-electron chi connectivity index (χ2n) is 6.84. The molecule has 0 saturated carbocycles. The van der Waals surface area contributed by atoms with Gasteiger partial charge in [0.1, 0.15) is 5.56 Å². The molecule has 0 bridgehead atoms. The number of benzene rings is 2. The quantitative estimate of drug-likeness (QED) is 0.464. The van der Waals surface area contributed by atoms with Gasteiger partial charge in [-0.05, 0) is 57.2 Å². The van der Waals surface area contributed by atoms with Gasteiger partial charge < -0.3 is 15.0 Å². The lowest BCUT2D eigenvalue weighted by molar-refractivity contribution is -0.137. The first kappa shape index (κ1) is 22.4. The molecule has 0 aliphatic carbocycles. The molecule has 0 radical (unpaired) electrons. The number of rotatable bonds is 7.